The summed E-state index contributed by atoms with van der Waals surface area (Å²) in [4.78, 5) is 51.4. The number of likely N-dealkylation sites (N-methyl/N-ethyl adjacent to an activating group) is 1. The quantitative estimate of drug-likeness (QED) is 0.299. The summed E-state index contributed by atoms with van der Waals surface area (Å²) < 4.78 is 42.2. The molecule has 7 rings (SSSR count). The third kappa shape index (κ3) is 6.94. The second-order valence-electron chi connectivity index (χ2n) is 15.1. The number of benzene rings is 2. The van der Waals surface area contributed by atoms with Crippen LogP contribution in [0.1, 0.15) is 55.2 Å². The highest BCUT2D eigenvalue weighted by Crippen LogP contribution is 2.41. The maximum absolute atomic E-state index is 14.9. The van der Waals surface area contributed by atoms with Gasteiger partial charge in [-0.05, 0) is 74.9 Å². The van der Waals surface area contributed by atoms with E-state index < -0.39 is 23.0 Å². The van der Waals surface area contributed by atoms with Crippen LogP contribution < -0.4 is 11.1 Å². The Morgan fingerprint density at radius 3 is 2.33 bits per heavy atom. The van der Waals surface area contributed by atoms with E-state index in [1.54, 1.807) is 0 Å². The maximum atomic E-state index is 14.9. The Morgan fingerprint density at radius 1 is 0.980 bits per heavy atom. The van der Waals surface area contributed by atoms with E-state index in [0.29, 0.717) is 76.4 Å². The van der Waals surface area contributed by atoms with Gasteiger partial charge >= 0.3 is 12.2 Å². The lowest BCUT2D eigenvalue weighted by molar-refractivity contribution is -0.150. The third-order valence-corrected chi connectivity index (χ3v) is 12.6. The summed E-state index contributed by atoms with van der Waals surface area (Å²) in [7, 11) is 2.17. The molecule has 2 aromatic rings. The van der Waals surface area contributed by atoms with Crippen LogP contribution in [0.5, 0.6) is 0 Å². The highest BCUT2D eigenvalue weighted by Gasteiger charge is 2.50. The standard InChI is InChI=1S/C37H47ClF3N7O3/c1-44-22-29-20-28(44)23-48(29)27-7-12-45(13-8-27)34(50)36(11-17-49,21-24-18-30(37(39,40)41)33(42)31(38)19-24)46-14-9-26(10-15-46)47-16-6-25-4-2-3-5-32(25)43-35(47)51/h2-5,17-19,26-29H,6-16,20-23,42H2,1H3,(H,43,51)/t28?,29?,36-/m1/s1. The van der Waals surface area contributed by atoms with E-state index in [1.807, 2.05) is 39.0 Å². The summed E-state index contributed by atoms with van der Waals surface area (Å²) in [6, 6.07) is 11.3. The van der Waals surface area contributed by atoms with Crippen LogP contribution in [0.15, 0.2) is 36.4 Å². The molecule has 3 amide bonds. The van der Waals surface area contributed by atoms with Gasteiger partial charge in [-0.15, -0.1) is 0 Å². The van der Waals surface area contributed by atoms with Crippen molar-refractivity contribution in [3.05, 3.63) is 58.1 Å². The number of hydrogen-bond donors (Lipinski definition) is 2. The molecule has 3 atom stereocenters. The van der Waals surface area contributed by atoms with Gasteiger partial charge in [0.2, 0.25) is 5.91 Å². The fourth-order valence-electron chi connectivity index (χ4n) is 9.48. The lowest BCUT2D eigenvalue weighted by atomic mass is 9.81. The third-order valence-electron chi connectivity index (χ3n) is 12.2. The van der Waals surface area contributed by atoms with Gasteiger partial charge in [-0.1, -0.05) is 29.8 Å². The fraction of sp³-hybridized carbons (Fsp3) is 0.595. The molecular formula is C37H47ClF3N7O3. The first-order chi connectivity index (χ1) is 24.4. The van der Waals surface area contributed by atoms with Crippen molar-refractivity contribution in [1.29, 1.82) is 0 Å². The van der Waals surface area contributed by atoms with Gasteiger partial charge < -0.3 is 30.5 Å². The Balaban J connectivity index is 1.13. The molecular weight excluding hydrogens is 683 g/mol. The number of urea groups is 1. The molecule has 51 heavy (non-hydrogen) atoms. The van der Waals surface area contributed by atoms with Gasteiger partial charge in [-0.3, -0.25) is 14.6 Å². The van der Waals surface area contributed by atoms with E-state index in [1.165, 1.54) is 12.5 Å². The molecule has 0 aromatic heterocycles. The molecule has 0 spiro atoms. The number of hydrogen-bond acceptors (Lipinski definition) is 7. The number of piperazine rings is 1. The molecule has 0 aliphatic carbocycles. The molecule has 5 aliphatic rings. The van der Waals surface area contributed by atoms with Crippen molar-refractivity contribution in [3.8, 4) is 0 Å². The summed E-state index contributed by atoms with van der Waals surface area (Å²) in [6.07, 6.45) is 0.186. The average Bonchev–Trinajstić information content (AvgIpc) is 3.64. The zero-order chi connectivity index (χ0) is 36.1. The van der Waals surface area contributed by atoms with Crippen LogP contribution >= 0.6 is 11.6 Å². The highest BCUT2D eigenvalue weighted by molar-refractivity contribution is 6.33. The molecule has 0 saturated carbocycles. The van der Waals surface area contributed by atoms with Crippen LogP contribution in [0.2, 0.25) is 5.02 Å². The molecule has 14 heteroatoms. The van der Waals surface area contributed by atoms with E-state index in [9.17, 15) is 27.6 Å². The molecule has 4 fully saturated rings. The molecule has 2 aromatic carbocycles. The summed E-state index contributed by atoms with van der Waals surface area (Å²) in [5, 5.41) is 2.79. The number of carbonyl (C=O) groups is 3. The zero-order valence-corrected chi connectivity index (χ0v) is 29.8. The van der Waals surface area contributed by atoms with Crippen molar-refractivity contribution in [1.82, 2.24) is 24.5 Å². The largest absolute Gasteiger partial charge is 0.418 e. The highest BCUT2D eigenvalue weighted by atomic mass is 35.5. The molecule has 2 bridgehead atoms. The van der Waals surface area contributed by atoms with E-state index in [4.69, 9.17) is 17.3 Å². The number of rotatable bonds is 8. The predicted octanol–water partition coefficient (Wildman–Crippen LogP) is 4.75. The van der Waals surface area contributed by atoms with Crippen molar-refractivity contribution < 1.29 is 27.6 Å². The summed E-state index contributed by atoms with van der Waals surface area (Å²) >= 11 is 6.27. The Hall–Kier alpha value is -3.39. The number of nitrogens with one attached hydrogen (secondary N) is 1. The Labute approximate surface area is 302 Å². The molecule has 5 heterocycles. The number of para-hydroxylation sites is 1. The van der Waals surface area contributed by atoms with Crippen LogP contribution in [0.4, 0.5) is 29.3 Å². The molecule has 5 aliphatic heterocycles. The first-order valence-corrected chi connectivity index (χ1v) is 18.5. The van der Waals surface area contributed by atoms with Crippen molar-refractivity contribution in [2.24, 2.45) is 0 Å². The molecule has 10 nitrogen and oxygen atoms in total. The number of alkyl halides is 3. The number of nitrogen functional groups attached to an aromatic ring is 1. The number of likely N-dealkylation sites (tertiary alicyclic amines) is 4. The van der Waals surface area contributed by atoms with Crippen LogP contribution in [0.25, 0.3) is 0 Å². The van der Waals surface area contributed by atoms with Gasteiger partial charge in [0, 0.05) is 88.5 Å². The van der Waals surface area contributed by atoms with Gasteiger partial charge in [0.1, 0.15) is 11.8 Å². The van der Waals surface area contributed by atoms with Crippen LogP contribution in [0.3, 0.4) is 0 Å². The van der Waals surface area contributed by atoms with Gasteiger partial charge in [0.05, 0.1) is 16.3 Å². The number of halogens is 4. The first-order valence-electron chi connectivity index (χ1n) is 18.1. The fourth-order valence-corrected chi connectivity index (χ4v) is 9.72. The van der Waals surface area contributed by atoms with E-state index in [0.717, 1.165) is 43.2 Å². The number of carbonyl (C=O) groups excluding carboxylic acids is 3. The lowest BCUT2D eigenvalue weighted by Gasteiger charge is -2.50. The minimum Gasteiger partial charge on any atom is -0.397 e. The summed E-state index contributed by atoms with van der Waals surface area (Å²) in [5.74, 6) is -0.251. The second kappa shape index (κ2) is 14.2. The number of anilines is 2. The van der Waals surface area contributed by atoms with E-state index in [-0.39, 0.29) is 41.4 Å². The minimum atomic E-state index is -4.75. The monoisotopic (exact) mass is 729 g/mol. The summed E-state index contributed by atoms with van der Waals surface area (Å²) in [6.45, 7) is 4.42. The topological polar surface area (TPSA) is 105 Å². The van der Waals surface area contributed by atoms with Crippen molar-refractivity contribution in [3.63, 3.8) is 0 Å². The number of piperidine rings is 2. The maximum Gasteiger partial charge on any atom is 0.418 e. The molecule has 3 N–H and O–H groups in total. The number of aldehydes is 1. The lowest BCUT2D eigenvalue weighted by Crippen LogP contribution is -2.65. The number of fused-ring (bicyclic) bond motifs is 3. The van der Waals surface area contributed by atoms with Crippen LogP contribution in [-0.4, -0.2) is 125 Å². The van der Waals surface area contributed by atoms with Crippen LogP contribution in [0, 0.1) is 0 Å². The van der Waals surface area contributed by atoms with E-state index in [2.05, 4.69) is 22.2 Å². The van der Waals surface area contributed by atoms with Gasteiger partial charge in [-0.25, -0.2) is 4.79 Å². The number of nitrogens with zero attached hydrogens (tertiary/aromatic N) is 5. The normalized spacial score (nSPS) is 25.4. The van der Waals surface area contributed by atoms with E-state index >= 15 is 0 Å². The second-order valence-corrected chi connectivity index (χ2v) is 15.5. The Bertz CT molecular complexity index is 1640. The van der Waals surface area contributed by atoms with Crippen molar-refractivity contribution >= 4 is 41.2 Å². The molecule has 276 valence electrons. The molecule has 4 saturated heterocycles. The van der Waals surface area contributed by atoms with Gasteiger partial charge in [-0.2, -0.15) is 13.2 Å². The average molecular weight is 730 g/mol. The summed E-state index contributed by atoms with van der Waals surface area (Å²) in [5.41, 5.74) is 4.76. The zero-order valence-electron chi connectivity index (χ0n) is 29.0. The molecule has 2 unspecified atom stereocenters. The van der Waals surface area contributed by atoms with Crippen molar-refractivity contribution in [2.45, 2.75) is 87.2 Å². The number of amides is 3. The number of nitrogens with two attached hydrogens (primary N) is 1. The molecule has 0 radical (unpaired) electrons. The van der Waals surface area contributed by atoms with Gasteiger partial charge in [0.15, 0.2) is 0 Å². The van der Waals surface area contributed by atoms with Crippen LogP contribution in [-0.2, 0) is 28.6 Å². The predicted molar refractivity (Wildman–Crippen MR) is 190 cm³/mol. The minimum absolute atomic E-state index is 0.104. The Kier molecular flexibility index (Phi) is 10.0. The first kappa shape index (κ1) is 36.0. The SMILES string of the molecule is CN1CC2CC1CN2C1CCN(C(=O)[C@@](CC=O)(Cc2cc(Cl)c(N)c(C(F)(F)F)c2)N2CCC(N3CCc4ccccc4NC3=O)CC2)CC1. The Morgan fingerprint density at radius 2 is 1.69 bits per heavy atom. The van der Waals surface area contributed by atoms with Gasteiger partial charge in [0.25, 0.3) is 0 Å². The smallest absolute Gasteiger partial charge is 0.397 e. The van der Waals surface area contributed by atoms with Crippen molar-refractivity contribution in [2.75, 3.05) is 63.9 Å².